The third-order valence-corrected chi connectivity index (χ3v) is 6.63. The van der Waals surface area contributed by atoms with Crippen LogP contribution >= 0.6 is 27.5 Å². The zero-order valence-electron chi connectivity index (χ0n) is 18.2. The van der Waals surface area contributed by atoms with Crippen LogP contribution in [0.15, 0.2) is 35.1 Å². The summed E-state index contributed by atoms with van der Waals surface area (Å²) in [7, 11) is 1.28. The Kier molecular flexibility index (Phi) is 4.11. The van der Waals surface area contributed by atoms with Gasteiger partial charge >= 0.3 is 5.97 Å². The number of esters is 1. The summed E-state index contributed by atoms with van der Waals surface area (Å²) in [5, 5.41) is 4.48. The molecule has 2 aromatic rings. The predicted molar refractivity (Wildman–Crippen MR) is 108 cm³/mol. The number of hydrogen-bond acceptors (Lipinski definition) is 4. The van der Waals surface area contributed by atoms with Crippen molar-refractivity contribution in [1.29, 1.82) is 0 Å². The van der Waals surface area contributed by atoms with Crippen molar-refractivity contribution in [2.75, 3.05) is 13.7 Å². The van der Waals surface area contributed by atoms with E-state index in [1.54, 1.807) is 4.90 Å². The Balaban J connectivity index is 1.55. The number of methoxy groups -OCH3 is 1. The zero-order chi connectivity index (χ0) is 22.6. The molecule has 8 heteroatoms. The van der Waals surface area contributed by atoms with Gasteiger partial charge in [0.15, 0.2) is 0 Å². The molecule has 28 heavy (non-hydrogen) atoms. The van der Waals surface area contributed by atoms with Gasteiger partial charge in [-0.1, -0.05) is 33.6 Å². The van der Waals surface area contributed by atoms with Gasteiger partial charge in [0.1, 0.15) is 6.04 Å². The van der Waals surface area contributed by atoms with E-state index in [0.717, 1.165) is 14.7 Å². The number of amides is 1. The number of aromatic nitrogens is 2. The van der Waals surface area contributed by atoms with Crippen molar-refractivity contribution >= 4 is 39.4 Å². The van der Waals surface area contributed by atoms with Gasteiger partial charge < -0.3 is 9.64 Å². The Bertz CT molecular complexity index is 1040. The van der Waals surface area contributed by atoms with Crippen molar-refractivity contribution in [2.45, 2.75) is 31.2 Å². The second kappa shape index (κ2) is 7.19. The topological polar surface area (TPSA) is 64.4 Å². The Labute approximate surface area is 181 Å². The van der Waals surface area contributed by atoms with Gasteiger partial charge in [-0.2, -0.15) is 5.10 Å². The van der Waals surface area contributed by atoms with Crippen molar-refractivity contribution < 1.29 is 18.4 Å². The Morgan fingerprint density at radius 3 is 3.07 bits per heavy atom. The fourth-order valence-electron chi connectivity index (χ4n) is 4.27. The van der Waals surface area contributed by atoms with Crippen molar-refractivity contribution in [1.82, 2.24) is 14.7 Å². The molecule has 2 heterocycles. The molecule has 2 fully saturated rings. The van der Waals surface area contributed by atoms with Gasteiger partial charge in [-0.3, -0.25) is 9.48 Å². The largest absolute Gasteiger partial charge is 0.467 e. The number of hydrogen-bond donors (Lipinski definition) is 0. The smallest absolute Gasteiger partial charge is 0.328 e. The molecule has 1 saturated heterocycles. The molecular weight excluding hydrogens is 446 g/mol. The number of carbonyl (C=O) groups is 2. The maximum absolute atomic E-state index is 13.4. The number of rotatable bonds is 5. The Hall–Kier alpha value is -1.86. The molecule has 0 radical (unpaired) electrons. The van der Waals surface area contributed by atoms with Crippen LogP contribution in [0.25, 0.3) is 0 Å². The molecule has 0 bridgehead atoms. The maximum atomic E-state index is 13.4. The number of halogens is 2. The molecule has 3 atom stereocenters. The van der Waals surface area contributed by atoms with Crippen LogP contribution in [0.2, 0.25) is 5.02 Å². The van der Waals surface area contributed by atoms with Gasteiger partial charge in [-0.15, -0.1) is 0 Å². The van der Waals surface area contributed by atoms with Crippen LogP contribution in [0.5, 0.6) is 0 Å². The number of benzene rings is 1. The van der Waals surface area contributed by atoms with Crippen LogP contribution in [0.4, 0.5) is 0 Å². The maximum Gasteiger partial charge on any atom is 0.328 e. The highest BCUT2D eigenvalue weighted by atomic mass is 79.9. The molecule has 1 amide bonds. The van der Waals surface area contributed by atoms with Crippen molar-refractivity contribution in [3.8, 4) is 0 Å². The molecule has 1 saturated carbocycles. The first-order valence-corrected chi connectivity index (χ1v) is 10.1. The highest BCUT2D eigenvalue weighted by molar-refractivity contribution is 9.10. The number of aryl methyl sites for hydroxylation is 1. The lowest BCUT2D eigenvalue weighted by Gasteiger charge is -2.26. The van der Waals surface area contributed by atoms with Crippen molar-refractivity contribution in [3.63, 3.8) is 0 Å². The lowest BCUT2D eigenvalue weighted by Crippen LogP contribution is -2.45. The van der Waals surface area contributed by atoms with Gasteiger partial charge in [0.2, 0.25) is 5.91 Å². The number of likely N-dealkylation sites (tertiary alicyclic amines) is 1. The quantitative estimate of drug-likeness (QED) is 0.630. The third kappa shape index (κ3) is 3.24. The van der Waals surface area contributed by atoms with Crippen LogP contribution in [-0.4, -0.2) is 46.3 Å². The fraction of sp³-hybridized carbons (Fsp3) is 0.450. The van der Waals surface area contributed by atoms with Crippen LogP contribution in [0, 0.1) is 5.41 Å². The number of ether oxygens (including phenoxy) is 1. The standard InChI is InChI=1S/C20H21BrClN3O3/c1-24-11-12(10-23-24)7-17(18(26)28-2)25-6-5-20(19(25)27)9-15(20)14-4-3-13(21)8-16(14)22/h3-4,8,10-11,15,17H,5-7,9H2,1-2H3/t15-,17-,20+/m1/s1/i1D3. The van der Waals surface area contributed by atoms with Crippen LogP contribution < -0.4 is 0 Å². The van der Waals surface area contributed by atoms with E-state index in [1.807, 2.05) is 18.2 Å². The normalized spacial score (nSPS) is 26.7. The van der Waals surface area contributed by atoms with Crippen LogP contribution in [-0.2, 0) is 27.7 Å². The van der Waals surface area contributed by atoms with Crippen molar-refractivity contribution in [2.24, 2.45) is 12.4 Å². The first-order chi connectivity index (χ1) is 14.6. The first kappa shape index (κ1) is 16.0. The molecule has 0 unspecified atom stereocenters. The predicted octanol–water partition coefficient (Wildman–Crippen LogP) is 3.33. The van der Waals surface area contributed by atoms with E-state index < -0.39 is 24.4 Å². The van der Waals surface area contributed by atoms with Gasteiger partial charge in [0.25, 0.3) is 0 Å². The Morgan fingerprint density at radius 1 is 1.57 bits per heavy atom. The summed E-state index contributed by atoms with van der Waals surface area (Å²) in [5.74, 6) is -0.608. The summed E-state index contributed by atoms with van der Waals surface area (Å²) in [6, 6.07) is 4.82. The minimum Gasteiger partial charge on any atom is -0.467 e. The SMILES string of the molecule is [2H]C([2H])([2H])n1cc(C[C@H](C(=O)OC)N2CC[C@@]3(C[C@@H]3c3ccc(Br)cc3Cl)C2=O)cn1. The summed E-state index contributed by atoms with van der Waals surface area (Å²) >= 11 is 9.81. The van der Waals surface area contributed by atoms with Gasteiger partial charge in [-0.25, -0.2) is 4.79 Å². The molecule has 148 valence electrons. The molecule has 1 aliphatic heterocycles. The van der Waals surface area contributed by atoms with Gasteiger partial charge in [0.05, 0.1) is 18.7 Å². The van der Waals surface area contributed by atoms with E-state index >= 15 is 0 Å². The van der Waals surface area contributed by atoms with Gasteiger partial charge in [0, 0.05) is 45.7 Å². The highest BCUT2D eigenvalue weighted by Gasteiger charge is 2.65. The molecule has 0 N–H and O–H groups in total. The van der Waals surface area contributed by atoms with E-state index in [0.29, 0.717) is 30.0 Å². The summed E-state index contributed by atoms with van der Waals surface area (Å²) in [5.41, 5.74) is 0.935. The summed E-state index contributed by atoms with van der Waals surface area (Å²) in [6.07, 6.45) is 4.23. The number of carbonyl (C=O) groups excluding carboxylic acids is 2. The molecular formula is C20H21BrClN3O3. The second-order valence-electron chi connectivity index (χ2n) is 7.36. The average Bonchev–Trinajstić information content (AvgIpc) is 3.05. The molecule has 6 nitrogen and oxygen atoms in total. The minimum atomic E-state index is -2.41. The molecule has 1 aromatic carbocycles. The molecule has 2 aliphatic rings. The number of nitrogens with zero attached hydrogens (tertiary/aromatic N) is 3. The summed E-state index contributed by atoms with van der Waals surface area (Å²) in [6.45, 7) is -1.98. The Morgan fingerprint density at radius 2 is 2.39 bits per heavy atom. The molecule has 1 aliphatic carbocycles. The summed E-state index contributed by atoms with van der Waals surface area (Å²) in [4.78, 5) is 27.5. The monoisotopic (exact) mass is 468 g/mol. The summed E-state index contributed by atoms with van der Waals surface area (Å²) < 4.78 is 29.0. The zero-order valence-corrected chi connectivity index (χ0v) is 17.5. The van der Waals surface area contributed by atoms with E-state index in [1.165, 1.54) is 19.5 Å². The van der Waals surface area contributed by atoms with E-state index in [-0.39, 0.29) is 18.2 Å². The van der Waals surface area contributed by atoms with E-state index in [4.69, 9.17) is 20.5 Å². The third-order valence-electron chi connectivity index (χ3n) is 5.81. The van der Waals surface area contributed by atoms with Gasteiger partial charge in [-0.05, 0) is 36.1 Å². The molecule has 1 spiro atoms. The van der Waals surface area contributed by atoms with Crippen LogP contribution in [0.1, 0.15) is 34.0 Å². The second-order valence-corrected chi connectivity index (χ2v) is 8.69. The van der Waals surface area contributed by atoms with Crippen LogP contribution in [0.3, 0.4) is 0 Å². The van der Waals surface area contributed by atoms with Crippen molar-refractivity contribution in [3.05, 3.63) is 51.2 Å². The minimum absolute atomic E-state index is 0.0159. The first-order valence-electron chi connectivity index (χ1n) is 10.4. The lowest BCUT2D eigenvalue weighted by molar-refractivity contribution is -0.152. The highest BCUT2D eigenvalue weighted by Crippen LogP contribution is 2.66. The fourth-order valence-corrected chi connectivity index (χ4v) is 5.07. The van der Waals surface area contributed by atoms with E-state index in [9.17, 15) is 9.59 Å². The van der Waals surface area contributed by atoms with E-state index in [2.05, 4.69) is 21.0 Å². The molecule has 4 rings (SSSR count). The average molecular weight is 470 g/mol. The molecule has 1 aromatic heterocycles. The lowest BCUT2D eigenvalue weighted by atomic mass is 9.97.